The van der Waals surface area contributed by atoms with Crippen molar-refractivity contribution in [3.8, 4) is 11.4 Å². The van der Waals surface area contributed by atoms with E-state index in [1.807, 2.05) is 90.7 Å². The predicted molar refractivity (Wildman–Crippen MR) is 183 cm³/mol. The highest BCUT2D eigenvalue weighted by Gasteiger charge is 2.30. The number of hydrogen-bond donors (Lipinski definition) is 3. The Kier molecular flexibility index (Phi) is 8.82. The number of benzene rings is 3. The van der Waals surface area contributed by atoms with Gasteiger partial charge in [-0.1, -0.05) is 68.8 Å². The number of urea groups is 1. The molecule has 11 nitrogen and oxygen atoms in total. The fraction of sp³-hybridized carbons (Fsp3) is 0.278. The van der Waals surface area contributed by atoms with Crippen LogP contribution in [-0.4, -0.2) is 52.5 Å². The predicted octanol–water partition coefficient (Wildman–Crippen LogP) is 5.94. The fourth-order valence-electron chi connectivity index (χ4n) is 5.55. The van der Waals surface area contributed by atoms with Crippen LogP contribution < -0.4 is 26.0 Å². The highest BCUT2D eigenvalue weighted by molar-refractivity contribution is 6.07. The number of nitrogens with zero attached hydrogens (tertiary/aromatic N) is 4. The van der Waals surface area contributed by atoms with E-state index >= 15 is 0 Å². The van der Waals surface area contributed by atoms with Crippen LogP contribution in [0.3, 0.4) is 0 Å². The summed E-state index contributed by atoms with van der Waals surface area (Å²) >= 11 is 0. The van der Waals surface area contributed by atoms with Gasteiger partial charge in [-0.25, -0.2) is 14.5 Å². The first kappa shape index (κ1) is 31.6. The molecule has 0 radical (unpaired) electrons. The maximum absolute atomic E-state index is 13.4. The van der Waals surface area contributed by atoms with Crippen molar-refractivity contribution in [1.29, 1.82) is 0 Å². The first-order valence-electron chi connectivity index (χ1n) is 15.6. The molecule has 2 aromatic heterocycles. The molecular formula is C36H39N7O4. The Hall–Kier alpha value is -5.42. The summed E-state index contributed by atoms with van der Waals surface area (Å²) in [5.41, 5.74) is 9.74. The Morgan fingerprint density at radius 1 is 1.00 bits per heavy atom. The molecule has 1 aliphatic rings. The number of aromatic nitrogens is 3. The van der Waals surface area contributed by atoms with E-state index in [0.717, 1.165) is 33.3 Å². The quantitative estimate of drug-likeness (QED) is 0.192. The molecule has 242 valence electrons. The molecule has 4 N–H and O–H groups in total. The Bertz CT molecular complexity index is 1910. The fourth-order valence-corrected chi connectivity index (χ4v) is 5.55. The number of fused-ring (bicyclic) bond motifs is 1. The smallest absolute Gasteiger partial charge is 0.324 e. The van der Waals surface area contributed by atoms with Crippen LogP contribution in [0.2, 0.25) is 0 Å². The van der Waals surface area contributed by atoms with Gasteiger partial charge in [-0.2, -0.15) is 5.10 Å². The minimum Gasteiger partial charge on any atom is -0.488 e. The van der Waals surface area contributed by atoms with Crippen LogP contribution in [0.5, 0.6) is 5.75 Å². The van der Waals surface area contributed by atoms with E-state index in [9.17, 15) is 9.59 Å². The molecule has 5 aromatic rings. The molecule has 1 aliphatic heterocycles. The monoisotopic (exact) mass is 633 g/mol. The maximum Gasteiger partial charge on any atom is 0.324 e. The van der Waals surface area contributed by atoms with Crippen LogP contribution in [0.1, 0.15) is 37.6 Å². The molecule has 1 fully saturated rings. The van der Waals surface area contributed by atoms with E-state index in [0.29, 0.717) is 36.2 Å². The SMILES string of the molecule is Cc1ccc(-n2nc(C(C)(C)C)cc2NC(=O)Nc2ccc(OCc3cccnc3N3CCOCC3C(N)=O)c3ccccc23)cc1. The van der Waals surface area contributed by atoms with E-state index in [-0.39, 0.29) is 18.6 Å². The molecule has 0 saturated carbocycles. The van der Waals surface area contributed by atoms with Gasteiger partial charge in [-0.15, -0.1) is 0 Å². The van der Waals surface area contributed by atoms with Gasteiger partial charge in [0.2, 0.25) is 5.91 Å². The molecule has 1 unspecified atom stereocenters. The third-order valence-electron chi connectivity index (χ3n) is 8.11. The number of aryl methyl sites for hydroxylation is 1. The lowest BCUT2D eigenvalue weighted by Gasteiger charge is -2.35. The summed E-state index contributed by atoms with van der Waals surface area (Å²) in [6, 6.07) is 24.0. The third-order valence-corrected chi connectivity index (χ3v) is 8.11. The number of amides is 3. The minimum atomic E-state index is -0.606. The molecule has 0 bridgehead atoms. The summed E-state index contributed by atoms with van der Waals surface area (Å²) in [6.07, 6.45) is 1.69. The molecule has 6 rings (SSSR count). The highest BCUT2D eigenvalue weighted by Crippen LogP contribution is 2.33. The molecule has 3 amide bonds. The van der Waals surface area contributed by atoms with Crippen molar-refractivity contribution in [2.75, 3.05) is 35.3 Å². The zero-order valence-electron chi connectivity index (χ0n) is 27.0. The second-order valence-electron chi connectivity index (χ2n) is 12.6. The van der Waals surface area contributed by atoms with Gasteiger partial charge in [0, 0.05) is 40.6 Å². The van der Waals surface area contributed by atoms with E-state index in [4.69, 9.17) is 20.3 Å². The summed E-state index contributed by atoms with van der Waals surface area (Å²) in [4.78, 5) is 32.0. The second-order valence-corrected chi connectivity index (χ2v) is 12.6. The summed E-state index contributed by atoms with van der Waals surface area (Å²) in [5, 5.41) is 12.5. The maximum atomic E-state index is 13.4. The second kappa shape index (κ2) is 13.1. The van der Waals surface area contributed by atoms with E-state index in [2.05, 4.69) is 36.4 Å². The molecule has 3 heterocycles. The Morgan fingerprint density at radius 2 is 1.77 bits per heavy atom. The van der Waals surface area contributed by atoms with Crippen molar-refractivity contribution in [1.82, 2.24) is 14.8 Å². The molecule has 11 heteroatoms. The summed E-state index contributed by atoms with van der Waals surface area (Å²) in [5.74, 6) is 1.38. The van der Waals surface area contributed by atoms with Crippen LogP contribution in [0.4, 0.5) is 22.1 Å². The lowest BCUT2D eigenvalue weighted by Crippen LogP contribution is -2.53. The van der Waals surface area contributed by atoms with Crippen molar-refractivity contribution in [3.63, 3.8) is 0 Å². The molecule has 1 atom stereocenters. The summed E-state index contributed by atoms with van der Waals surface area (Å²) < 4.78 is 13.6. The number of ether oxygens (including phenoxy) is 2. The molecule has 0 aliphatic carbocycles. The van der Waals surface area contributed by atoms with E-state index in [1.165, 1.54) is 0 Å². The molecular weight excluding hydrogens is 594 g/mol. The number of rotatable bonds is 8. The van der Waals surface area contributed by atoms with Crippen LogP contribution in [-0.2, 0) is 21.6 Å². The van der Waals surface area contributed by atoms with E-state index in [1.54, 1.807) is 10.9 Å². The molecule has 47 heavy (non-hydrogen) atoms. The Labute approximate surface area is 273 Å². The zero-order chi connectivity index (χ0) is 33.1. The number of carbonyl (C=O) groups is 2. The van der Waals surface area contributed by atoms with Gasteiger partial charge in [0.15, 0.2) is 0 Å². The van der Waals surface area contributed by atoms with Gasteiger partial charge >= 0.3 is 6.03 Å². The van der Waals surface area contributed by atoms with Crippen LogP contribution in [0.15, 0.2) is 85.1 Å². The summed E-state index contributed by atoms with van der Waals surface area (Å²) in [7, 11) is 0. The van der Waals surface area contributed by atoms with Gasteiger partial charge in [0.25, 0.3) is 0 Å². The Morgan fingerprint density at radius 3 is 2.51 bits per heavy atom. The number of carbonyl (C=O) groups excluding carboxylic acids is 2. The number of nitrogens with two attached hydrogens (primary N) is 1. The topological polar surface area (TPSA) is 137 Å². The van der Waals surface area contributed by atoms with Crippen molar-refractivity contribution >= 4 is 40.0 Å². The third kappa shape index (κ3) is 6.90. The summed E-state index contributed by atoms with van der Waals surface area (Å²) in [6.45, 7) is 9.68. The van der Waals surface area contributed by atoms with Crippen molar-refractivity contribution in [3.05, 3.63) is 102 Å². The number of morpholine rings is 1. The highest BCUT2D eigenvalue weighted by atomic mass is 16.5. The number of anilines is 3. The largest absolute Gasteiger partial charge is 0.488 e. The average Bonchev–Trinajstić information content (AvgIpc) is 3.49. The van der Waals surface area contributed by atoms with Crippen LogP contribution >= 0.6 is 0 Å². The first-order valence-corrected chi connectivity index (χ1v) is 15.6. The number of nitrogens with one attached hydrogen (secondary N) is 2. The van der Waals surface area contributed by atoms with Crippen molar-refractivity contribution in [2.24, 2.45) is 5.73 Å². The first-order chi connectivity index (χ1) is 22.6. The lowest BCUT2D eigenvalue weighted by molar-refractivity contribution is -0.121. The molecule has 0 spiro atoms. The van der Waals surface area contributed by atoms with Crippen LogP contribution in [0, 0.1) is 6.92 Å². The van der Waals surface area contributed by atoms with Gasteiger partial charge in [-0.05, 0) is 37.3 Å². The lowest BCUT2D eigenvalue weighted by atomic mass is 9.92. The standard InChI is InChI=1S/C36H39N7O4/c1-23-11-13-25(14-12-23)43-32(20-31(41-43)36(2,3)4)40-35(45)39-28-15-16-30(27-10-6-5-9-26(27)28)47-21-24-8-7-17-38-34(24)42-18-19-46-22-29(42)33(37)44/h5-17,20,29H,18-19,21-22H2,1-4H3,(H2,37,44)(H2,39,40,45). The zero-order valence-corrected chi connectivity index (χ0v) is 27.0. The van der Waals surface area contributed by atoms with Crippen molar-refractivity contribution in [2.45, 2.75) is 45.8 Å². The van der Waals surface area contributed by atoms with Gasteiger partial charge < -0.3 is 25.4 Å². The van der Waals surface area contributed by atoms with Gasteiger partial charge in [0.05, 0.1) is 30.3 Å². The van der Waals surface area contributed by atoms with Gasteiger partial charge in [0.1, 0.15) is 30.0 Å². The number of hydrogen-bond acceptors (Lipinski definition) is 7. The Balaban J connectivity index is 1.22. The molecule has 1 saturated heterocycles. The average molecular weight is 634 g/mol. The van der Waals surface area contributed by atoms with E-state index < -0.39 is 18.0 Å². The van der Waals surface area contributed by atoms with Crippen LogP contribution in [0.25, 0.3) is 16.5 Å². The number of primary amides is 1. The molecule has 3 aromatic carbocycles. The van der Waals surface area contributed by atoms with Gasteiger partial charge in [-0.3, -0.25) is 10.1 Å². The van der Waals surface area contributed by atoms with Crippen molar-refractivity contribution < 1.29 is 19.1 Å². The minimum absolute atomic E-state index is 0.211. The normalized spacial score (nSPS) is 15.0. The number of pyridine rings is 1.